The molecule has 142 valence electrons. The van der Waals surface area contributed by atoms with Crippen molar-refractivity contribution in [3.8, 4) is 5.75 Å². The van der Waals surface area contributed by atoms with Crippen LogP contribution in [-0.4, -0.2) is 19.0 Å². The van der Waals surface area contributed by atoms with Crippen molar-refractivity contribution in [2.24, 2.45) is 0 Å². The third kappa shape index (κ3) is 4.81. The molecule has 0 aromatic heterocycles. The number of nitrogens with one attached hydrogen (secondary N) is 3. The number of rotatable bonds is 5. The number of methoxy groups -OCH3 is 1. The summed E-state index contributed by atoms with van der Waals surface area (Å²) < 4.78 is 5.14. The van der Waals surface area contributed by atoms with Gasteiger partial charge in [0.05, 0.1) is 29.1 Å². The molecule has 28 heavy (non-hydrogen) atoms. The van der Waals surface area contributed by atoms with Crippen LogP contribution in [0.1, 0.15) is 10.4 Å². The van der Waals surface area contributed by atoms with Crippen molar-refractivity contribution in [2.75, 3.05) is 23.1 Å². The lowest BCUT2D eigenvalue weighted by Crippen LogP contribution is -2.21. The Labute approximate surface area is 167 Å². The molecule has 0 aliphatic rings. The Morgan fingerprint density at radius 3 is 2.21 bits per heavy atom. The summed E-state index contributed by atoms with van der Waals surface area (Å²) in [5.41, 5.74) is 1.82. The summed E-state index contributed by atoms with van der Waals surface area (Å²) in [5, 5.41) is 8.57. The monoisotopic (exact) mass is 395 g/mol. The van der Waals surface area contributed by atoms with Gasteiger partial charge in [0.2, 0.25) is 0 Å². The van der Waals surface area contributed by atoms with E-state index in [1.807, 2.05) is 0 Å². The number of carbonyl (C=O) groups is 2. The number of hydrogen-bond acceptors (Lipinski definition) is 3. The summed E-state index contributed by atoms with van der Waals surface area (Å²) in [4.78, 5) is 24.8. The van der Waals surface area contributed by atoms with Crippen molar-refractivity contribution in [1.29, 1.82) is 0 Å². The van der Waals surface area contributed by atoms with E-state index in [9.17, 15) is 9.59 Å². The zero-order valence-electron chi connectivity index (χ0n) is 15.0. The Bertz CT molecular complexity index is 1010. The standard InChI is InChI=1S/C21H18ClN3O3/c1-28-15-8-6-7-14(13-15)23-21(27)25-19-12-5-4-11-18(19)24-20(26)16-9-2-3-10-17(16)22/h2-13H,1H3,(H,24,26)(H2,23,25,27). The molecule has 0 radical (unpaired) electrons. The lowest BCUT2D eigenvalue weighted by Gasteiger charge is -2.13. The lowest BCUT2D eigenvalue weighted by atomic mass is 10.2. The molecule has 6 nitrogen and oxygen atoms in total. The first-order chi connectivity index (χ1) is 13.6. The van der Waals surface area contributed by atoms with Gasteiger partial charge in [-0.1, -0.05) is 41.9 Å². The molecular weight excluding hydrogens is 378 g/mol. The number of halogens is 1. The predicted octanol–water partition coefficient (Wildman–Crippen LogP) is 5.24. The molecule has 0 aliphatic heterocycles. The fourth-order valence-corrected chi connectivity index (χ4v) is 2.74. The number of amides is 3. The lowest BCUT2D eigenvalue weighted by molar-refractivity contribution is 0.102. The molecule has 0 spiro atoms. The third-order valence-corrected chi connectivity index (χ3v) is 4.20. The van der Waals surface area contributed by atoms with Crippen LogP contribution in [0.5, 0.6) is 5.75 Å². The molecular formula is C21H18ClN3O3. The molecule has 3 rings (SSSR count). The van der Waals surface area contributed by atoms with E-state index in [1.54, 1.807) is 79.9 Å². The fourth-order valence-electron chi connectivity index (χ4n) is 2.52. The van der Waals surface area contributed by atoms with Gasteiger partial charge in [-0.15, -0.1) is 0 Å². The average molecular weight is 396 g/mol. The van der Waals surface area contributed by atoms with E-state index in [0.717, 1.165) is 0 Å². The topological polar surface area (TPSA) is 79.5 Å². The van der Waals surface area contributed by atoms with Gasteiger partial charge in [-0.25, -0.2) is 4.79 Å². The van der Waals surface area contributed by atoms with Crippen LogP contribution in [0.25, 0.3) is 0 Å². The quantitative estimate of drug-likeness (QED) is 0.552. The largest absolute Gasteiger partial charge is 0.497 e. The second-order valence-corrected chi connectivity index (χ2v) is 6.20. The third-order valence-electron chi connectivity index (χ3n) is 3.87. The Hall–Kier alpha value is -3.51. The van der Waals surface area contributed by atoms with Crippen molar-refractivity contribution >= 4 is 40.6 Å². The average Bonchev–Trinajstić information content (AvgIpc) is 2.70. The molecule has 7 heteroatoms. The van der Waals surface area contributed by atoms with E-state index in [0.29, 0.717) is 33.4 Å². The first-order valence-electron chi connectivity index (χ1n) is 8.44. The molecule has 0 aliphatic carbocycles. The van der Waals surface area contributed by atoms with E-state index in [1.165, 1.54) is 0 Å². The number of hydrogen-bond donors (Lipinski definition) is 3. The zero-order valence-corrected chi connectivity index (χ0v) is 15.8. The molecule has 0 atom stereocenters. The van der Waals surface area contributed by atoms with E-state index in [4.69, 9.17) is 16.3 Å². The first-order valence-corrected chi connectivity index (χ1v) is 8.81. The summed E-state index contributed by atoms with van der Waals surface area (Å²) in [7, 11) is 1.55. The first kappa shape index (κ1) is 19.3. The van der Waals surface area contributed by atoms with Gasteiger partial charge in [-0.3, -0.25) is 4.79 Å². The maximum Gasteiger partial charge on any atom is 0.323 e. The number of para-hydroxylation sites is 2. The summed E-state index contributed by atoms with van der Waals surface area (Å²) in [6.45, 7) is 0. The van der Waals surface area contributed by atoms with Crippen LogP contribution in [0.3, 0.4) is 0 Å². The highest BCUT2D eigenvalue weighted by Gasteiger charge is 2.13. The van der Waals surface area contributed by atoms with Gasteiger partial charge in [0, 0.05) is 11.8 Å². The van der Waals surface area contributed by atoms with Crippen LogP contribution < -0.4 is 20.7 Å². The second-order valence-electron chi connectivity index (χ2n) is 5.79. The molecule has 0 heterocycles. The van der Waals surface area contributed by atoms with Gasteiger partial charge in [-0.05, 0) is 36.4 Å². The number of ether oxygens (including phenoxy) is 1. The summed E-state index contributed by atoms with van der Waals surface area (Å²) in [6.07, 6.45) is 0. The molecule has 0 saturated carbocycles. The number of urea groups is 1. The smallest absolute Gasteiger partial charge is 0.323 e. The van der Waals surface area contributed by atoms with E-state index >= 15 is 0 Å². The predicted molar refractivity (Wildman–Crippen MR) is 111 cm³/mol. The van der Waals surface area contributed by atoms with Crippen molar-refractivity contribution < 1.29 is 14.3 Å². The number of benzene rings is 3. The van der Waals surface area contributed by atoms with Crippen LogP contribution in [0.2, 0.25) is 5.02 Å². The molecule has 3 aromatic rings. The zero-order chi connectivity index (χ0) is 19.9. The molecule has 0 unspecified atom stereocenters. The molecule has 3 amide bonds. The van der Waals surface area contributed by atoms with Crippen molar-refractivity contribution in [3.05, 3.63) is 83.4 Å². The Balaban J connectivity index is 1.72. The normalized spacial score (nSPS) is 10.1. The molecule has 0 bridgehead atoms. The second kappa shape index (κ2) is 8.92. The van der Waals surface area contributed by atoms with Crippen LogP contribution in [-0.2, 0) is 0 Å². The van der Waals surface area contributed by atoms with Gasteiger partial charge in [0.25, 0.3) is 5.91 Å². The minimum atomic E-state index is -0.451. The van der Waals surface area contributed by atoms with E-state index in [2.05, 4.69) is 16.0 Å². The van der Waals surface area contributed by atoms with Gasteiger partial charge in [0.15, 0.2) is 0 Å². The fraction of sp³-hybridized carbons (Fsp3) is 0.0476. The van der Waals surface area contributed by atoms with E-state index < -0.39 is 6.03 Å². The molecule has 3 aromatic carbocycles. The van der Waals surface area contributed by atoms with Gasteiger partial charge < -0.3 is 20.7 Å². The van der Waals surface area contributed by atoms with Crippen LogP contribution >= 0.6 is 11.6 Å². The highest BCUT2D eigenvalue weighted by molar-refractivity contribution is 6.34. The summed E-state index contributed by atoms with van der Waals surface area (Å²) in [6, 6.07) is 20.2. The Kier molecular flexibility index (Phi) is 6.14. The van der Waals surface area contributed by atoms with Gasteiger partial charge in [0.1, 0.15) is 5.75 Å². The summed E-state index contributed by atoms with van der Waals surface area (Å²) in [5.74, 6) is 0.262. The Morgan fingerprint density at radius 2 is 1.50 bits per heavy atom. The van der Waals surface area contributed by atoms with Gasteiger partial charge in [-0.2, -0.15) is 0 Å². The SMILES string of the molecule is COc1cccc(NC(=O)Nc2ccccc2NC(=O)c2ccccc2Cl)c1. The molecule has 0 fully saturated rings. The van der Waals surface area contributed by atoms with E-state index in [-0.39, 0.29) is 5.91 Å². The highest BCUT2D eigenvalue weighted by Crippen LogP contribution is 2.24. The van der Waals surface area contributed by atoms with Gasteiger partial charge >= 0.3 is 6.03 Å². The van der Waals surface area contributed by atoms with Crippen molar-refractivity contribution in [2.45, 2.75) is 0 Å². The molecule has 0 saturated heterocycles. The van der Waals surface area contributed by atoms with Crippen LogP contribution in [0.15, 0.2) is 72.8 Å². The van der Waals surface area contributed by atoms with Crippen molar-refractivity contribution in [1.82, 2.24) is 0 Å². The Morgan fingerprint density at radius 1 is 0.821 bits per heavy atom. The maximum atomic E-state index is 12.5. The number of carbonyl (C=O) groups excluding carboxylic acids is 2. The van der Waals surface area contributed by atoms with Crippen molar-refractivity contribution in [3.63, 3.8) is 0 Å². The highest BCUT2D eigenvalue weighted by atomic mass is 35.5. The summed E-state index contributed by atoms with van der Waals surface area (Å²) >= 11 is 6.07. The maximum absolute atomic E-state index is 12.5. The van der Waals surface area contributed by atoms with Crippen LogP contribution in [0, 0.1) is 0 Å². The minimum absolute atomic E-state index is 0.347. The van der Waals surface area contributed by atoms with Crippen LogP contribution in [0.4, 0.5) is 21.9 Å². The number of anilines is 3. The minimum Gasteiger partial charge on any atom is -0.497 e. The molecule has 3 N–H and O–H groups in total.